The Morgan fingerprint density at radius 3 is 2.08 bits per heavy atom. The van der Waals surface area contributed by atoms with Gasteiger partial charge in [-0.2, -0.15) is 26.3 Å². The van der Waals surface area contributed by atoms with Crippen molar-refractivity contribution in [3.05, 3.63) is 64.7 Å². The molecule has 0 atom stereocenters. The first-order chi connectivity index (χ1) is 11.1. The van der Waals surface area contributed by atoms with E-state index < -0.39 is 24.3 Å². The zero-order valence-corrected chi connectivity index (χ0v) is 12.3. The molecule has 0 heterocycles. The molecule has 0 unspecified atom stereocenters. The molecule has 126 valence electrons. The summed E-state index contributed by atoms with van der Waals surface area (Å²) in [7, 11) is 0. The van der Waals surface area contributed by atoms with Crippen molar-refractivity contribution >= 4 is 6.08 Å². The van der Waals surface area contributed by atoms with Crippen LogP contribution in [0.3, 0.4) is 0 Å². The number of benzene rings is 2. The molecule has 0 saturated carbocycles. The molecule has 1 aliphatic carbocycles. The van der Waals surface area contributed by atoms with E-state index in [-0.39, 0.29) is 12.0 Å². The van der Waals surface area contributed by atoms with Crippen molar-refractivity contribution in [2.75, 3.05) is 0 Å². The SMILES string of the molecule is FC(F)(F)CC1=Cc2c(cccc2-c2ccc(C(F)(F)F)cc2)C1. The van der Waals surface area contributed by atoms with Crippen molar-refractivity contribution in [3.63, 3.8) is 0 Å². The first-order valence-electron chi connectivity index (χ1n) is 7.19. The summed E-state index contributed by atoms with van der Waals surface area (Å²) < 4.78 is 75.6. The van der Waals surface area contributed by atoms with Crippen LogP contribution in [0.25, 0.3) is 17.2 Å². The second kappa shape index (κ2) is 5.69. The molecule has 0 radical (unpaired) electrons. The molecule has 0 aromatic heterocycles. The second-order valence-electron chi connectivity index (χ2n) is 5.72. The van der Waals surface area contributed by atoms with Gasteiger partial charge in [-0.3, -0.25) is 0 Å². The fourth-order valence-corrected chi connectivity index (χ4v) is 2.90. The molecule has 1 aliphatic rings. The molecule has 0 aliphatic heterocycles. The average Bonchev–Trinajstić information content (AvgIpc) is 2.86. The number of hydrogen-bond donors (Lipinski definition) is 0. The topological polar surface area (TPSA) is 0 Å². The van der Waals surface area contributed by atoms with Crippen LogP contribution in [-0.4, -0.2) is 6.18 Å². The van der Waals surface area contributed by atoms with Crippen molar-refractivity contribution in [3.8, 4) is 11.1 Å². The third-order valence-corrected chi connectivity index (χ3v) is 3.91. The molecular weight excluding hydrogens is 330 g/mol. The standard InChI is InChI=1S/C18H12F6/c19-17(20,21)10-11-8-13-2-1-3-15(16(13)9-11)12-4-6-14(7-5-12)18(22,23)24/h1-7,9H,8,10H2. The van der Waals surface area contributed by atoms with Gasteiger partial charge in [0.25, 0.3) is 0 Å². The Labute approximate surface area is 134 Å². The van der Waals surface area contributed by atoms with E-state index in [0.717, 1.165) is 17.7 Å². The number of rotatable bonds is 2. The van der Waals surface area contributed by atoms with Gasteiger partial charge in [-0.1, -0.05) is 42.0 Å². The summed E-state index contributed by atoms with van der Waals surface area (Å²) in [5, 5.41) is 0. The number of alkyl halides is 6. The highest BCUT2D eigenvalue weighted by Crippen LogP contribution is 2.38. The van der Waals surface area contributed by atoms with Crippen molar-refractivity contribution < 1.29 is 26.3 Å². The molecule has 0 amide bonds. The number of fused-ring (bicyclic) bond motifs is 1. The summed E-state index contributed by atoms with van der Waals surface area (Å²) in [6, 6.07) is 9.78. The van der Waals surface area contributed by atoms with Gasteiger partial charge in [0.2, 0.25) is 0 Å². The zero-order valence-electron chi connectivity index (χ0n) is 12.3. The molecule has 0 bridgehead atoms. The number of allylic oxidation sites excluding steroid dienone is 1. The van der Waals surface area contributed by atoms with E-state index in [2.05, 4.69) is 0 Å². The lowest BCUT2D eigenvalue weighted by atomic mass is 9.96. The molecule has 24 heavy (non-hydrogen) atoms. The highest BCUT2D eigenvalue weighted by Gasteiger charge is 2.32. The van der Waals surface area contributed by atoms with Gasteiger partial charge in [0, 0.05) is 0 Å². The predicted octanol–water partition coefficient (Wildman–Crippen LogP) is 6.26. The van der Waals surface area contributed by atoms with Gasteiger partial charge in [-0.05, 0) is 40.8 Å². The second-order valence-corrected chi connectivity index (χ2v) is 5.72. The summed E-state index contributed by atoms with van der Waals surface area (Å²) in [6.45, 7) is 0. The van der Waals surface area contributed by atoms with Crippen LogP contribution in [0, 0.1) is 0 Å². The molecule has 2 aromatic carbocycles. The van der Waals surface area contributed by atoms with Crippen molar-refractivity contribution in [2.24, 2.45) is 0 Å². The van der Waals surface area contributed by atoms with Gasteiger partial charge in [0.1, 0.15) is 0 Å². The number of halogens is 6. The minimum absolute atomic E-state index is 0.212. The van der Waals surface area contributed by atoms with Crippen LogP contribution in [0.5, 0.6) is 0 Å². The summed E-state index contributed by atoms with van der Waals surface area (Å²) >= 11 is 0. The molecule has 0 nitrogen and oxygen atoms in total. The molecule has 3 rings (SSSR count). The molecule has 0 fully saturated rings. The highest BCUT2D eigenvalue weighted by atomic mass is 19.4. The van der Waals surface area contributed by atoms with Crippen molar-refractivity contribution in [1.82, 2.24) is 0 Å². The predicted molar refractivity (Wildman–Crippen MR) is 79.2 cm³/mol. The normalized spacial score (nSPS) is 14.5. The number of hydrogen-bond acceptors (Lipinski definition) is 0. The van der Waals surface area contributed by atoms with E-state index in [4.69, 9.17) is 0 Å². The van der Waals surface area contributed by atoms with Crippen molar-refractivity contribution in [2.45, 2.75) is 25.2 Å². The summed E-state index contributed by atoms with van der Waals surface area (Å²) in [6.07, 6.45) is -7.97. The van der Waals surface area contributed by atoms with Gasteiger partial charge in [-0.25, -0.2) is 0 Å². The van der Waals surface area contributed by atoms with Crippen LogP contribution >= 0.6 is 0 Å². The lowest BCUT2D eigenvalue weighted by Crippen LogP contribution is -2.08. The smallest absolute Gasteiger partial charge is 0.171 e. The lowest BCUT2D eigenvalue weighted by Gasteiger charge is -2.10. The molecular formula is C18H12F6. The first-order valence-corrected chi connectivity index (χ1v) is 7.19. The fourth-order valence-electron chi connectivity index (χ4n) is 2.90. The summed E-state index contributed by atoms with van der Waals surface area (Å²) in [5.74, 6) is 0. The van der Waals surface area contributed by atoms with Gasteiger partial charge < -0.3 is 0 Å². The maximum absolute atomic E-state index is 12.6. The van der Waals surface area contributed by atoms with Crippen LogP contribution in [0.4, 0.5) is 26.3 Å². The van der Waals surface area contributed by atoms with E-state index in [1.807, 2.05) is 0 Å². The molecule has 6 heteroatoms. The van der Waals surface area contributed by atoms with Crippen LogP contribution in [0.15, 0.2) is 48.0 Å². The fraction of sp³-hybridized carbons (Fsp3) is 0.222. The maximum Gasteiger partial charge on any atom is 0.416 e. The largest absolute Gasteiger partial charge is 0.416 e. The third kappa shape index (κ3) is 3.47. The minimum Gasteiger partial charge on any atom is -0.171 e. The first kappa shape index (κ1) is 16.6. The Hall–Kier alpha value is -2.24. The molecule has 2 aromatic rings. The van der Waals surface area contributed by atoms with Crippen LogP contribution in [0.1, 0.15) is 23.1 Å². The van der Waals surface area contributed by atoms with E-state index in [1.54, 1.807) is 18.2 Å². The van der Waals surface area contributed by atoms with Gasteiger partial charge >= 0.3 is 12.4 Å². The molecule has 0 N–H and O–H groups in total. The van der Waals surface area contributed by atoms with E-state index >= 15 is 0 Å². The van der Waals surface area contributed by atoms with Crippen LogP contribution < -0.4 is 0 Å². The van der Waals surface area contributed by atoms with Gasteiger partial charge in [-0.15, -0.1) is 0 Å². The lowest BCUT2D eigenvalue weighted by molar-refractivity contribution is -0.137. The zero-order chi connectivity index (χ0) is 17.5. The maximum atomic E-state index is 12.6. The highest BCUT2D eigenvalue weighted by molar-refractivity contribution is 5.80. The molecule has 0 saturated heterocycles. The Morgan fingerprint density at radius 2 is 1.50 bits per heavy atom. The van der Waals surface area contributed by atoms with Crippen LogP contribution in [-0.2, 0) is 12.6 Å². The summed E-state index contributed by atoms with van der Waals surface area (Å²) in [4.78, 5) is 0. The Kier molecular flexibility index (Phi) is 3.94. The summed E-state index contributed by atoms with van der Waals surface area (Å²) in [5.41, 5.74) is 2.09. The Morgan fingerprint density at radius 1 is 0.833 bits per heavy atom. The van der Waals surface area contributed by atoms with E-state index in [0.29, 0.717) is 16.7 Å². The van der Waals surface area contributed by atoms with E-state index in [1.165, 1.54) is 18.2 Å². The van der Waals surface area contributed by atoms with E-state index in [9.17, 15) is 26.3 Å². The van der Waals surface area contributed by atoms with Gasteiger partial charge in [0.05, 0.1) is 12.0 Å². The quantitative estimate of drug-likeness (QED) is 0.565. The average molecular weight is 342 g/mol. The van der Waals surface area contributed by atoms with Gasteiger partial charge in [0.15, 0.2) is 0 Å². The third-order valence-electron chi connectivity index (χ3n) is 3.91. The van der Waals surface area contributed by atoms with Crippen LogP contribution in [0.2, 0.25) is 0 Å². The Balaban J connectivity index is 1.96. The minimum atomic E-state index is -4.42. The van der Waals surface area contributed by atoms with Crippen molar-refractivity contribution in [1.29, 1.82) is 0 Å². The molecule has 0 spiro atoms. The monoisotopic (exact) mass is 342 g/mol. The Bertz CT molecular complexity index is 779.